The van der Waals surface area contributed by atoms with Crippen LogP contribution in [-0.2, 0) is 24.9 Å². The SMILES string of the molecule is Cn1nc2n(c1=O)-c1cccc(CC=O)c1OC2. The molecule has 1 aliphatic heterocycles. The molecule has 0 radical (unpaired) electrons. The minimum Gasteiger partial charge on any atom is -0.483 e. The fraction of sp³-hybridized carbons (Fsp3) is 0.250. The lowest BCUT2D eigenvalue weighted by molar-refractivity contribution is -0.107. The molecule has 0 N–H and O–H groups in total. The first kappa shape index (κ1) is 10.8. The van der Waals surface area contributed by atoms with Crippen molar-refractivity contribution in [1.82, 2.24) is 14.3 Å². The summed E-state index contributed by atoms with van der Waals surface area (Å²) in [4.78, 5) is 22.6. The summed E-state index contributed by atoms with van der Waals surface area (Å²) in [5.74, 6) is 1.16. The average Bonchev–Trinajstić information content (AvgIpc) is 2.66. The molecule has 0 amide bonds. The van der Waals surface area contributed by atoms with Gasteiger partial charge in [-0.1, -0.05) is 12.1 Å². The van der Waals surface area contributed by atoms with Crippen molar-refractivity contribution < 1.29 is 9.53 Å². The highest BCUT2D eigenvalue weighted by Gasteiger charge is 2.23. The van der Waals surface area contributed by atoms with E-state index >= 15 is 0 Å². The molecule has 1 aromatic carbocycles. The molecule has 92 valence electrons. The zero-order valence-electron chi connectivity index (χ0n) is 9.79. The molecule has 6 heteroatoms. The molecule has 0 saturated carbocycles. The van der Waals surface area contributed by atoms with Crippen molar-refractivity contribution in [2.24, 2.45) is 7.05 Å². The molecule has 0 aliphatic carbocycles. The van der Waals surface area contributed by atoms with Crippen LogP contribution in [0.3, 0.4) is 0 Å². The fourth-order valence-electron chi connectivity index (χ4n) is 2.15. The van der Waals surface area contributed by atoms with Crippen LogP contribution in [0, 0.1) is 0 Å². The molecule has 0 atom stereocenters. The van der Waals surface area contributed by atoms with E-state index in [0.29, 0.717) is 17.3 Å². The highest BCUT2D eigenvalue weighted by Crippen LogP contribution is 2.31. The Morgan fingerprint density at radius 3 is 3.11 bits per heavy atom. The summed E-state index contributed by atoms with van der Waals surface area (Å²) in [6, 6.07) is 5.41. The Morgan fingerprint density at radius 1 is 1.50 bits per heavy atom. The lowest BCUT2D eigenvalue weighted by atomic mass is 10.1. The van der Waals surface area contributed by atoms with Gasteiger partial charge in [-0.25, -0.2) is 14.0 Å². The van der Waals surface area contributed by atoms with Crippen molar-refractivity contribution >= 4 is 6.29 Å². The smallest absolute Gasteiger partial charge is 0.350 e. The second kappa shape index (κ2) is 3.83. The van der Waals surface area contributed by atoms with Crippen molar-refractivity contribution in [3.8, 4) is 11.4 Å². The maximum atomic E-state index is 12.0. The third kappa shape index (κ3) is 1.38. The van der Waals surface area contributed by atoms with Gasteiger partial charge in [-0.05, 0) is 6.07 Å². The van der Waals surface area contributed by atoms with E-state index in [0.717, 1.165) is 11.8 Å². The maximum Gasteiger partial charge on any atom is 0.350 e. The Labute approximate surface area is 102 Å². The third-order valence-electron chi connectivity index (χ3n) is 2.96. The number of hydrogen-bond donors (Lipinski definition) is 0. The quantitative estimate of drug-likeness (QED) is 0.709. The first-order chi connectivity index (χ1) is 8.72. The molecule has 1 aliphatic rings. The normalized spacial score (nSPS) is 12.5. The van der Waals surface area contributed by atoms with Gasteiger partial charge < -0.3 is 9.53 Å². The van der Waals surface area contributed by atoms with Crippen LogP contribution in [0.25, 0.3) is 5.69 Å². The van der Waals surface area contributed by atoms with E-state index in [1.807, 2.05) is 6.07 Å². The standard InChI is InChI=1S/C12H11N3O3/c1-14-12(17)15-9-4-2-3-8(5-6-16)11(9)18-7-10(15)13-14/h2-4,6H,5,7H2,1H3. The molecular formula is C12H11N3O3. The number of hydrogen-bond acceptors (Lipinski definition) is 4. The van der Waals surface area contributed by atoms with Gasteiger partial charge in [0.1, 0.15) is 18.6 Å². The molecule has 3 rings (SSSR count). The summed E-state index contributed by atoms with van der Waals surface area (Å²) in [7, 11) is 1.60. The third-order valence-corrected chi connectivity index (χ3v) is 2.96. The van der Waals surface area contributed by atoms with Gasteiger partial charge in [0.2, 0.25) is 0 Å². The number of benzene rings is 1. The summed E-state index contributed by atoms with van der Waals surface area (Å²) in [5.41, 5.74) is 1.22. The van der Waals surface area contributed by atoms with Crippen LogP contribution in [0.15, 0.2) is 23.0 Å². The van der Waals surface area contributed by atoms with Crippen molar-refractivity contribution in [1.29, 1.82) is 0 Å². The predicted molar refractivity (Wildman–Crippen MR) is 62.9 cm³/mol. The van der Waals surface area contributed by atoms with E-state index in [1.54, 1.807) is 19.2 Å². The van der Waals surface area contributed by atoms with Gasteiger partial charge in [0.15, 0.2) is 5.82 Å². The van der Waals surface area contributed by atoms with E-state index in [4.69, 9.17) is 4.74 Å². The second-order valence-corrected chi connectivity index (χ2v) is 4.08. The Kier molecular flexibility index (Phi) is 2.29. The van der Waals surface area contributed by atoms with Crippen LogP contribution in [0.5, 0.6) is 5.75 Å². The van der Waals surface area contributed by atoms with Gasteiger partial charge in [0.25, 0.3) is 0 Å². The number of ether oxygens (including phenoxy) is 1. The zero-order chi connectivity index (χ0) is 12.7. The van der Waals surface area contributed by atoms with Gasteiger partial charge >= 0.3 is 5.69 Å². The Hall–Kier alpha value is -2.37. The molecule has 2 heterocycles. The summed E-state index contributed by atoms with van der Waals surface area (Å²) in [6.45, 7) is 0.235. The van der Waals surface area contributed by atoms with Gasteiger partial charge in [0.05, 0.1) is 5.69 Å². The van der Waals surface area contributed by atoms with Crippen LogP contribution in [0.1, 0.15) is 11.4 Å². The van der Waals surface area contributed by atoms with Crippen molar-refractivity contribution in [2.45, 2.75) is 13.0 Å². The minimum absolute atomic E-state index is 0.210. The van der Waals surface area contributed by atoms with Crippen LogP contribution in [0.2, 0.25) is 0 Å². The van der Waals surface area contributed by atoms with Crippen LogP contribution < -0.4 is 10.4 Å². The Morgan fingerprint density at radius 2 is 2.33 bits per heavy atom. The molecular weight excluding hydrogens is 234 g/mol. The second-order valence-electron chi connectivity index (χ2n) is 4.08. The molecule has 6 nitrogen and oxygen atoms in total. The number of aryl methyl sites for hydroxylation is 1. The minimum atomic E-state index is -0.210. The highest BCUT2D eigenvalue weighted by molar-refractivity contribution is 5.62. The topological polar surface area (TPSA) is 66.1 Å². The molecule has 18 heavy (non-hydrogen) atoms. The maximum absolute atomic E-state index is 12.0. The largest absolute Gasteiger partial charge is 0.483 e. The highest BCUT2D eigenvalue weighted by atomic mass is 16.5. The molecule has 0 bridgehead atoms. The number of para-hydroxylation sites is 1. The number of aldehydes is 1. The van der Waals surface area contributed by atoms with E-state index in [9.17, 15) is 9.59 Å². The predicted octanol–water partition coefficient (Wildman–Crippen LogP) is 0.205. The molecule has 1 aromatic heterocycles. The van der Waals surface area contributed by atoms with Crippen molar-refractivity contribution in [2.75, 3.05) is 0 Å². The molecule has 0 saturated heterocycles. The number of fused-ring (bicyclic) bond motifs is 3. The number of aromatic nitrogens is 3. The fourth-order valence-corrected chi connectivity index (χ4v) is 2.15. The monoisotopic (exact) mass is 245 g/mol. The van der Waals surface area contributed by atoms with Gasteiger partial charge in [0, 0.05) is 19.0 Å². The van der Waals surface area contributed by atoms with Gasteiger partial charge in [-0.3, -0.25) is 0 Å². The molecule has 0 unspecified atom stereocenters. The summed E-state index contributed by atoms with van der Waals surface area (Å²) >= 11 is 0. The number of carbonyl (C=O) groups excluding carboxylic acids is 1. The Bertz CT molecular complexity index is 684. The van der Waals surface area contributed by atoms with Crippen molar-refractivity contribution in [3.63, 3.8) is 0 Å². The summed E-state index contributed by atoms with van der Waals surface area (Å²) in [5, 5.41) is 4.10. The van der Waals surface area contributed by atoms with E-state index in [2.05, 4.69) is 5.10 Å². The average molecular weight is 245 g/mol. The molecule has 2 aromatic rings. The lowest BCUT2D eigenvalue weighted by Gasteiger charge is -2.19. The van der Waals surface area contributed by atoms with Crippen LogP contribution in [-0.4, -0.2) is 20.6 Å². The first-order valence-electron chi connectivity index (χ1n) is 5.56. The van der Waals surface area contributed by atoms with Crippen LogP contribution >= 0.6 is 0 Å². The summed E-state index contributed by atoms with van der Waals surface area (Å²) < 4.78 is 8.41. The number of nitrogens with zero attached hydrogens (tertiary/aromatic N) is 3. The molecule has 0 fully saturated rings. The first-order valence-corrected chi connectivity index (χ1v) is 5.56. The number of carbonyl (C=O) groups is 1. The zero-order valence-corrected chi connectivity index (χ0v) is 9.79. The van der Waals surface area contributed by atoms with Crippen LogP contribution in [0.4, 0.5) is 0 Å². The van der Waals surface area contributed by atoms with Crippen molar-refractivity contribution in [3.05, 3.63) is 40.1 Å². The van der Waals surface area contributed by atoms with Gasteiger partial charge in [-0.15, -0.1) is 0 Å². The van der Waals surface area contributed by atoms with E-state index in [1.165, 1.54) is 9.25 Å². The lowest BCUT2D eigenvalue weighted by Crippen LogP contribution is -2.25. The Balaban J connectivity index is 2.27. The van der Waals surface area contributed by atoms with E-state index < -0.39 is 0 Å². The molecule has 0 spiro atoms. The van der Waals surface area contributed by atoms with Gasteiger partial charge in [-0.2, -0.15) is 5.10 Å². The number of rotatable bonds is 2. The summed E-state index contributed by atoms with van der Waals surface area (Å²) in [6.07, 6.45) is 1.09. The van der Waals surface area contributed by atoms with E-state index in [-0.39, 0.29) is 18.7 Å².